The van der Waals surface area contributed by atoms with Crippen molar-refractivity contribution in [1.82, 2.24) is 19.9 Å². The summed E-state index contributed by atoms with van der Waals surface area (Å²) in [6.07, 6.45) is 1.23. The molecule has 3 unspecified atom stereocenters. The number of rotatable bonds is 5. The van der Waals surface area contributed by atoms with Crippen LogP contribution in [0.1, 0.15) is 21.9 Å². The molecule has 2 aliphatic rings. The lowest BCUT2D eigenvalue weighted by Gasteiger charge is -2.27. The number of benzene rings is 2. The number of H-pyrrole nitrogens is 1. The Balaban J connectivity index is 1.24. The summed E-state index contributed by atoms with van der Waals surface area (Å²) in [6, 6.07) is 18.5. The molecule has 1 aliphatic carbocycles. The standard InChI is InChI=1S/C24H22N4OS2/c1-14-25-21(22(31-14)15-7-3-2-4-8-15)23(29)28-12-16-11-17(16)20(28)13-30-24-26-18-9-5-6-10-19(18)27-24/h2-10,16-17,20H,11-13H2,1H3,(H,26,27). The number of nitrogens with one attached hydrogen (secondary N) is 1. The summed E-state index contributed by atoms with van der Waals surface area (Å²) in [5, 5.41) is 1.85. The van der Waals surface area contributed by atoms with Gasteiger partial charge in [0.25, 0.3) is 5.91 Å². The van der Waals surface area contributed by atoms with Gasteiger partial charge in [-0.05, 0) is 42.9 Å². The molecule has 1 saturated carbocycles. The third kappa shape index (κ3) is 3.46. The molecule has 0 radical (unpaired) electrons. The zero-order valence-electron chi connectivity index (χ0n) is 17.1. The van der Waals surface area contributed by atoms with Gasteiger partial charge >= 0.3 is 0 Å². The van der Waals surface area contributed by atoms with Gasteiger partial charge in [-0.2, -0.15) is 0 Å². The van der Waals surface area contributed by atoms with Gasteiger partial charge in [-0.1, -0.05) is 54.2 Å². The molecule has 3 atom stereocenters. The van der Waals surface area contributed by atoms with Crippen LogP contribution in [0.5, 0.6) is 0 Å². The van der Waals surface area contributed by atoms with Crippen LogP contribution in [0.4, 0.5) is 0 Å². The zero-order chi connectivity index (χ0) is 20.9. The monoisotopic (exact) mass is 446 g/mol. The number of amides is 1. The van der Waals surface area contributed by atoms with Crippen molar-refractivity contribution in [2.45, 2.75) is 24.5 Å². The van der Waals surface area contributed by atoms with Crippen LogP contribution >= 0.6 is 23.1 Å². The summed E-state index contributed by atoms with van der Waals surface area (Å²) in [7, 11) is 0. The van der Waals surface area contributed by atoms with Crippen LogP contribution in [-0.4, -0.2) is 44.1 Å². The van der Waals surface area contributed by atoms with Crippen molar-refractivity contribution >= 4 is 40.0 Å². The molecule has 6 rings (SSSR count). The fraction of sp³-hybridized carbons (Fsp3) is 0.292. The number of imidazole rings is 1. The van der Waals surface area contributed by atoms with Gasteiger partial charge in [-0.25, -0.2) is 9.97 Å². The fourth-order valence-electron chi connectivity index (χ4n) is 4.67. The largest absolute Gasteiger partial charge is 0.333 e. The van der Waals surface area contributed by atoms with Gasteiger partial charge < -0.3 is 9.88 Å². The lowest BCUT2D eigenvalue weighted by atomic mass is 10.1. The molecule has 5 nitrogen and oxygen atoms in total. The molecule has 31 heavy (non-hydrogen) atoms. The predicted molar refractivity (Wildman–Crippen MR) is 126 cm³/mol. The molecule has 2 fully saturated rings. The van der Waals surface area contributed by atoms with Crippen molar-refractivity contribution in [3.8, 4) is 10.4 Å². The lowest BCUT2D eigenvalue weighted by molar-refractivity contribution is 0.0718. The van der Waals surface area contributed by atoms with Crippen LogP contribution in [-0.2, 0) is 0 Å². The molecule has 0 bridgehead atoms. The number of aryl methyl sites for hydroxylation is 1. The first-order valence-corrected chi connectivity index (χ1v) is 12.4. The van der Waals surface area contributed by atoms with Crippen molar-refractivity contribution in [3.05, 3.63) is 65.3 Å². The third-order valence-corrected chi connectivity index (χ3v) is 8.29. The Morgan fingerprint density at radius 1 is 1.16 bits per heavy atom. The van der Waals surface area contributed by atoms with Gasteiger partial charge in [-0.3, -0.25) is 4.79 Å². The number of piperidine rings is 1. The molecular formula is C24H22N4OS2. The van der Waals surface area contributed by atoms with Crippen molar-refractivity contribution in [2.24, 2.45) is 11.8 Å². The van der Waals surface area contributed by atoms with E-state index in [0.29, 0.717) is 17.5 Å². The summed E-state index contributed by atoms with van der Waals surface area (Å²) in [4.78, 5) is 29.4. The van der Waals surface area contributed by atoms with Crippen LogP contribution in [0.25, 0.3) is 21.5 Å². The zero-order valence-corrected chi connectivity index (χ0v) is 18.7. The summed E-state index contributed by atoms with van der Waals surface area (Å²) < 4.78 is 0. The number of hydrogen-bond acceptors (Lipinski definition) is 5. The average molecular weight is 447 g/mol. The number of para-hydroxylation sites is 2. The molecule has 4 aromatic rings. The Labute approximate surface area is 188 Å². The molecule has 1 N–H and O–H groups in total. The van der Waals surface area contributed by atoms with Gasteiger partial charge in [0.05, 0.1) is 20.9 Å². The van der Waals surface area contributed by atoms with E-state index < -0.39 is 0 Å². The number of aromatic amines is 1. The number of carbonyl (C=O) groups excluding carboxylic acids is 1. The molecular weight excluding hydrogens is 424 g/mol. The number of carbonyl (C=O) groups is 1. The lowest BCUT2D eigenvalue weighted by Crippen LogP contribution is -2.40. The highest BCUT2D eigenvalue weighted by atomic mass is 32.2. The molecule has 2 aromatic carbocycles. The van der Waals surface area contributed by atoms with Crippen LogP contribution < -0.4 is 0 Å². The van der Waals surface area contributed by atoms with Crippen molar-refractivity contribution in [3.63, 3.8) is 0 Å². The Morgan fingerprint density at radius 2 is 1.97 bits per heavy atom. The number of aromatic nitrogens is 3. The van der Waals surface area contributed by atoms with E-state index in [-0.39, 0.29) is 11.9 Å². The smallest absolute Gasteiger partial charge is 0.274 e. The Morgan fingerprint density at radius 3 is 2.81 bits per heavy atom. The number of hydrogen-bond donors (Lipinski definition) is 1. The SMILES string of the molecule is Cc1nc(C(=O)N2CC3CC3C2CSc2nc3ccccc3[nH]2)c(-c2ccccc2)s1. The van der Waals surface area contributed by atoms with Gasteiger partial charge in [0, 0.05) is 18.3 Å². The van der Waals surface area contributed by atoms with Crippen molar-refractivity contribution in [2.75, 3.05) is 12.3 Å². The first-order chi connectivity index (χ1) is 15.2. The maximum absolute atomic E-state index is 13.6. The maximum atomic E-state index is 13.6. The van der Waals surface area contributed by atoms with E-state index in [0.717, 1.165) is 43.9 Å². The molecule has 7 heteroatoms. The second kappa shape index (κ2) is 7.50. The van der Waals surface area contributed by atoms with E-state index in [2.05, 4.69) is 27.0 Å². The van der Waals surface area contributed by atoms with Crippen molar-refractivity contribution < 1.29 is 4.79 Å². The third-order valence-electron chi connectivity index (χ3n) is 6.30. The normalized spacial score (nSPS) is 22.1. The molecule has 0 spiro atoms. The number of fused-ring (bicyclic) bond motifs is 2. The van der Waals surface area contributed by atoms with Crippen molar-refractivity contribution in [1.29, 1.82) is 0 Å². The maximum Gasteiger partial charge on any atom is 0.274 e. The number of likely N-dealkylation sites (tertiary alicyclic amines) is 1. The van der Waals surface area contributed by atoms with Crippen LogP contribution in [0.3, 0.4) is 0 Å². The minimum atomic E-state index is 0.0746. The van der Waals surface area contributed by atoms with Gasteiger partial charge in [0.15, 0.2) is 5.16 Å². The minimum absolute atomic E-state index is 0.0746. The van der Waals surface area contributed by atoms with Crippen LogP contribution in [0, 0.1) is 18.8 Å². The molecule has 156 valence electrons. The molecule has 3 heterocycles. The van der Waals surface area contributed by atoms with Gasteiger partial charge in [-0.15, -0.1) is 11.3 Å². The Kier molecular flexibility index (Phi) is 4.61. The minimum Gasteiger partial charge on any atom is -0.333 e. The second-order valence-electron chi connectivity index (χ2n) is 8.33. The Bertz CT molecular complexity index is 1230. The second-order valence-corrected chi connectivity index (χ2v) is 10.5. The quantitative estimate of drug-likeness (QED) is 0.426. The molecule has 1 aliphatic heterocycles. The molecule has 1 amide bonds. The molecule has 1 saturated heterocycles. The predicted octanol–water partition coefficient (Wildman–Crippen LogP) is 5.25. The highest BCUT2D eigenvalue weighted by Gasteiger charge is 2.54. The van der Waals surface area contributed by atoms with E-state index in [1.165, 1.54) is 6.42 Å². The highest BCUT2D eigenvalue weighted by molar-refractivity contribution is 7.99. The summed E-state index contributed by atoms with van der Waals surface area (Å²) >= 11 is 3.32. The van der Waals surface area contributed by atoms with E-state index in [4.69, 9.17) is 4.98 Å². The van der Waals surface area contributed by atoms with E-state index in [1.807, 2.05) is 49.4 Å². The summed E-state index contributed by atoms with van der Waals surface area (Å²) in [5.41, 5.74) is 3.71. The first-order valence-electron chi connectivity index (χ1n) is 10.6. The summed E-state index contributed by atoms with van der Waals surface area (Å²) in [6.45, 7) is 2.82. The van der Waals surface area contributed by atoms with Gasteiger partial charge in [0.1, 0.15) is 5.69 Å². The number of thiazole rings is 1. The average Bonchev–Trinajstić information content (AvgIpc) is 3.12. The fourth-order valence-corrected chi connectivity index (χ4v) is 6.69. The summed E-state index contributed by atoms with van der Waals surface area (Å²) in [5.74, 6) is 2.19. The highest BCUT2D eigenvalue weighted by Crippen LogP contribution is 2.51. The number of thioether (sulfide) groups is 1. The van der Waals surface area contributed by atoms with Gasteiger partial charge in [0.2, 0.25) is 0 Å². The topological polar surface area (TPSA) is 61.9 Å². The number of nitrogens with zero attached hydrogens (tertiary/aromatic N) is 3. The van der Waals surface area contributed by atoms with E-state index in [1.54, 1.807) is 23.1 Å². The first kappa shape index (κ1) is 19.1. The van der Waals surface area contributed by atoms with E-state index in [9.17, 15) is 4.79 Å². The Hall–Kier alpha value is -2.64. The van der Waals surface area contributed by atoms with Crippen LogP contribution in [0.2, 0.25) is 0 Å². The molecule has 2 aromatic heterocycles. The van der Waals surface area contributed by atoms with Crippen LogP contribution in [0.15, 0.2) is 59.8 Å². The van der Waals surface area contributed by atoms with E-state index >= 15 is 0 Å².